The highest BCUT2D eigenvalue weighted by atomic mass is 79.9. The van der Waals surface area contributed by atoms with Crippen molar-refractivity contribution in [1.29, 1.82) is 0 Å². The molecule has 0 saturated heterocycles. The summed E-state index contributed by atoms with van der Waals surface area (Å²) < 4.78 is 11.4. The number of hydrogen-bond donors (Lipinski definition) is 1. The third kappa shape index (κ3) is 3.95. The van der Waals surface area contributed by atoms with Gasteiger partial charge in [-0.2, -0.15) is 0 Å². The predicted molar refractivity (Wildman–Crippen MR) is 84.1 cm³/mol. The van der Waals surface area contributed by atoms with E-state index in [1.54, 1.807) is 37.4 Å². The van der Waals surface area contributed by atoms with E-state index in [0.717, 1.165) is 0 Å². The summed E-state index contributed by atoms with van der Waals surface area (Å²) in [7, 11) is 1.56. The summed E-state index contributed by atoms with van der Waals surface area (Å²) in [5, 5.41) is 2.79. The number of methoxy groups -OCH3 is 1. The van der Waals surface area contributed by atoms with Gasteiger partial charge in [-0.3, -0.25) is 4.79 Å². The van der Waals surface area contributed by atoms with E-state index in [0.29, 0.717) is 34.0 Å². The first-order valence-electron chi connectivity index (χ1n) is 6.37. The molecule has 0 aliphatic heterocycles. The molecule has 0 saturated carbocycles. The summed E-state index contributed by atoms with van der Waals surface area (Å²) in [5.41, 5.74) is 1.11. The van der Waals surface area contributed by atoms with Gasteiger partial charge in [-0.15, -0.1) is 0 Å². The Balaban J connectivity index is 2.15. The number of rotatable bonds is 5. The fraction of sp³-hybridized carbons (Fsp3) is 0.200. The number of hydrogen-bond acceptors (Lipinski definition) is 4. The van der Waals surface area contributed by atoms with Crippen molar-refractivity contribution < 1.29 is 14.3 Å². The molecule has 5 nitrogen and oxygen atoms in total. The van der Waals surface area contributed by atoms with Crippen molar-refractivity contribution >= 4 is 27.5 Å². The Morgan fingerprint density at radius 1 is 1.29 bits per heavy atom. The molecular formula is C15H15BrN2O3. The third-order valence-corrected chi connectivity index (χ3v) is 3.18. The van der Waals surface area contributed by atoms with Crippen LogP contribution in [0.3, 0.4) is 0 Å². The number of anilines is 1. The Morgan fingerprint density at radius 2 is 2.10 bits per heavy atom. The van der Waals surface area contributed by atoms with Crippen LogP contribution in [-0.2, 0) is 0 Å². The first kappa shape index (κ1) is 15.3. The lowest BCUT2D eigenvalue weighted by molar-refractivity contribution is 0.102. The minimum atomic E-state index is -0.235. The fourth-order valence-electron chi connectivity index (χ4n) is 1.73. The maximum Gasteiger partial charge on any atom is 0.257 e. The van der Waals surface area contributed by atoms with Crippen LogP contribution in [0.25, 0.3) is 0 Å². The second-order valence-electron chi connectivity index (χ2n) is 4.12. The van der Waals surface area contributed by atoms with Crippen molar-refractivity contribution in [1.82, 2.24) is 4.98 Å². The molecule has 0 unspecified atom stereocenters. The molecular weight excluding hydrogens is 336 g/mol. The van der Waals surface area contributed by atoms with Crippen LogP contribution in [0.15, 0.2) is 41.1 Å². The van der Waals surface area contributed by atoms with Crippen molar-refractivity contribution in [2.24, 2.45) is 0 Å². The van der Waals surface area contributed by atoms with Crippen LogP contribution >= 0.6 is 15.9 Å². The summed E-state index contributed by atoms with van der Waals surface area (Å²) in [6.07, 6.45) is 1.51. The van der Waals surface area contributed by atoms with E-state index < -0.39 is 0 Å². The molecule has 0 fully saturated rings. The number of carbonyl (C=O) groups excluding carboxylic acids is 1. The summed E-state index contributed by atoms with van der Waals surface area (Å²) in [6, 6.07) is 8.65. The molecule has 110 valence electrons. The average Bonchev–Trinajstić information content (AvgIpc) is 2.49. The number of aromatic nitrogens is 1. The van der Waals surface area contributed by atoms with E-state index in [4.69, 9.17) is 9.47 Å². The predicted octanol–water partition coefficient (Wildman–Crippen LogP) is 3.50. The van der Waals surface area contributed by atoms with Gasteiger partial charge in [-0.1, -0.05) is 0 Å². The zero-order chi connectivity index (χ0) is 15.2. The molecule has 6 heteroatoms. The first-order chi connectivity index (χ1) is 10.1. The van der Waals surface area contributed by atoms with Crippen LogP contribution in [0.5, 0.6) is 11.5 Å². The van der Waals surface area contributed by atoms with Crippen molar-refractivity contribution in [2.45, 2.75) is 6.92 Å². The second-order valence-corrected chi connectivity index (χ2v) is 4.93. The van der Waals surface area contributed by atoms with Crippen LogP contribution < -0.4 is 14.8 Å². The number of carbonyl (C=O) groups is 1. The minimum Gasteiger partial charge on any atom is -0.493 e. The van der Waals surface area contributed by atoms with Gasteiger partial charge >= 0.3 is 0 Å². The Labute approximate surface area is 131 Å². The van der Waals surface area contributed by atoms with E-state index >= 15 is 0 Å². The second kappa shape index (κ2) is 7.08. The summed E-state index contributed by atoms with van der Waals surface area (Å²) in [4.78, 5) is 16.1. The number of pyridine rings is 1. The third-order valence-electron chi connectivity index (χ3n) is 2.71. The molecule has 1 N–H and O–H groups in total. The normalized spacial score (nSPS) is 10.0. The molecule has 1 aromatic carbocycles. The molecule has 2 rings (SSSR count). The molecule has 0 atom stereocenters. The highest BCUT2D eigenvalue weighted by Gasteiger charge is 2.09. The molecule has 2 aromatic rings. The molecule has 0 aliphatic carbocycles. The quantitative estimate of drug-likeness (QED) is 0.838. The van der Waals surface area contributed by atoms with E-state index in [2.05, 4.69) is 26.2 Å². The van der Waals surface area contributed by atoms with E-state index in [1.807, 2.05) is 6.92 Å². The lowest BCUT2D eigenvalue weighted by atomic mass is 10.2. The Kier molecular flexibility index (Phi) is 5.16. The Hall–Kier alpha value is -2.08. The lowest BCUT2D eigenvalue weighted by Crippen LogP contribution is -2.12. The van der Waals surface area contributed by atoms with Crippen molar-refractivity contribution in [3.05, 3.63) is 46.7 Å². The molecule has 21 heavy (non-hydrogen) atoms. The molecule has 1 amide bonds. The maximum absolute atomic E-state index is 12.1. The molecule has 0 spiro atoms. The lowest BCUT2D eigenvalue weighted by Gasteiger charge is -2.11. The number of nitrogens with zero attached hydrogens (tertiary/aromatic N) is 1. The number of ether oxygens (including phenoxy) is 2. The Bertz CT molecular complexity index is 629. The molecule has 1 heterocycles. The van der Waals surface area contributed by atoms with Crippen LogP contribution in [-0.4, -0.2) is 24.6 Å². The zero-order valence-electron chi connectivity index (χ0n) is 11.7. The van der Waals surface area contributed by atoms with Gasteiger partial charge in [0.2, 0.25) is 0 Å². The topological polar surface area (TPSA) is 60.5 Å². The van der Waals surface area contributed by atoms with E-state index in [1.165, 1.54) is 6.20 Å². The van der Waals surface area contributed by atoms with Crippen LogP contribution in [0, 0.1) is 0 Å². The van der Waals surface area contributed by atoms with Crippen LogP contribution in [0.1, 0.15) is 17.3 Å². The molecule has 0 aliphatic rings. The average molecular weight is 351 g/mol. The highest BCUT2D eigenvalue weighted by molar-refractivity contribution is 9.10. The number of benzene rings is 1. The van der Waals surface area contributed by atoms with Gasteiger partial charge in [0.25, 0.3) is 5.91 Å². The minimum absolute atomic E-state index is 0.235. The summed E-state index contributed by atoms with van der Waals surface area (Å²) in [6.45, 7) is 2.45. The van der Waals surface area contributed by atoms with Crippen LogP contribution in [0.4, 0.5) is 5.69 Å². The highest BCUT2D eigenvalue weighted by Crippen LogP contribution is 2.30. The van der Waals surface area contributed by atoms with E-state index in [-0.39, 0.29) is 5.91 Å². The van der Waals surface area contributed by atoms with Gasteiger partial charge in [-0.05, 0) is 47.1 Å². The van der Waals surface area contributed by atoms with Gasteiger partial charge in [-0.25, -0.2) is 4.98 Å². The largest absolute Gasteiger partial charge is 0.493 e. The van der Waals surface area contributed by atoms with Crippen molar-refractivity contribution in [3.8, 4) is 11.5 Å². The summed E-state index contributed by atoms with van der Waals surface area (Å²) in [5.74, 6) is 0.980. The smallest absolute Gasteiger partial charge is 0.257 e. The maximum atomic E-state index is 12.1. The van der Waals surface area contributed by atoms with Gasteiger partial charge in [0.1, 0.15) is 4.60 Å². The van der Waals surface area contributed by atoms with Gasteiger partial charge in [0, 0.05) is 18.0 Å². The van der Waals surface area contributed by atoms with Crippen molar-refractivity contribution in [2.75, 3.05) is 19.0 Å². The zero-order valence-corrected chi connectivity index (χ0v) is 13.3. The van der Waals surface area contributed by atoms with Gasteiger partial charge < -0.3 is 14.8 Å². The fourth-order valence-corrected chi connectivity index (χ4v) is 1.97. The number of nitrogens with one attached hydrogen (secondary N) is 1. The van der Waals surface area contributed by atoms with Crippen LogP contribution in [0.2, 0.25) is 0 Å². The SMILES string of the molecule is CCOc1ccc(NC(=O)c2ccc(Br)nc2)cc1OC. The molecule has 1 aromatic heterocycles. The number of halogens is 1. The summed E-state index contributed by atoms with van der Waals surface area (Å²) >= 11 is 3.23. The van der Waals surface area contributed by atoms with E-state index in [9.17, 15) is 4.79 Å². The first-order valence-corrected chi connectivity index (χ1v) is 7.17. The standard InChI is InChI=1S/C15H15BrN2O3/c1-3-21-12-6-5-11(8-13(12)20-2)18-15(19)10-4-7-14(16)17-9-10/h4-9H,3H2,1-2H3,(H,18,19). The monoisotopic (exact) mass is 350 g/mol. The van der Waals surface area contributed by atoms with Gasteiger partial charge in [0.05, 0.1) is 19.3 Å². The molecule has 0 radical (unpaired) electrons. The Morgan fingerprint density at radius 3 is 2.71 bits per heavy atom. The van der Waals surface area contributed by atoms with Crippen molar-refractivity contribution in [3.63, 3.8) is 0 Å². The van der Waals surface area contributed by atoms with Gasteiger partial charge in [0.15, 0.2) is 11.5 Å². The number of amides is 1. The molecule has 0 bridgehead atoms.